The minimum Gasteiger partial charge on any atom is -0.391 e. The van der Waals surface area contributed by atoms with Crippen molar-refractivity contribution in [2.24, 2.45) is 41.4 Å². The van der Waals surface area contributed by atoms with E-state index in [4.69, 9.17) is 0 Å². The summed E-state index contributed by atoms with van der Waals surface area (Å²) in [4.78, 5) is 166. The standard InChI is InChI=1S/C61H109N11O13/c1-24-25-26-38(14)51(75)49-55(79)65-48(41(17)73)60(84)67(18)31-46(74)68(19)42(27-32(2)3)54(78)64-47(36(10)11)61(85)69(20)43(28-33(4)5)53(77)62-39(15)52(76)63-40(16)57(81)70(21)44(29-34(6)7)58(82)71(22)45(30-35(8)9)59(83)72(23)50(37(12)13)56(80)66-49/h24-25,32-45,47-51,73,75H,26-31H2,1-23H3,(H,62,77)(H,63,76)(H,64,78)(H,65,79)(H,66,80)/b25-24+/t38-,39+,40-,41-,42+,43-,44+,45+,47+,48-,49+,50-,51-/m1/s1. The summed E-state index contributed by atoms with van der Waals surface area (Å²) in [6.45, 7) is 28.4. The maximum absolute atomic E-state index is 15.0. The molecule has 1 heterocycles. The molecule has 486 valence electrons. The monoisotopic (exact) mass is 1200 g/mol. The SMILES string of the molecule is C/C=C/C[C@@H](C)[C@@H](O)[C@@H]1NC(=O)[C@@H](C(C)C)N(C)C(=O)[C@H](CC(C)C)N(C)C(=O)[C@H](CC(C)C)N(C)C(=O)[C@@H](C)NC(=O)[C@H](C)NC(=O)[C@@H](CC(C)C)N(C)C(=O)[C@H](C(C)C)NC(=O)[C@H](CC(C)C)N(C)C(=O)CN(C)C(=O)[C@@H]([C@@H](C)O)NC1=O. The van der Waals surface area contributed by atoms with E-state index >= 15 is 0 Å². The smallest absolute Gasteiger partial charge is 0.248 e. The number of hydrogen-bond donors (Lipinski definition) is 7. The fourth-order valence-corrected chi connectivity index (χ4v) is 10.4. The Kier molecular flexibility index (Phi) is 31.5. The number of rotatable bonds is 15. The van der Waals surface area contributed by atoms with Crippen molar-refractivity contribution in [3.8, 4) is 0 Å². The van der Waals surface area contributed by atoms with Gasteiger partial charge in [0.1, 0.15) is 60.4 Å². The second kappa shape index (κ2) is 34.8. The van der Waals surface area contributed by atoms with Gasteiger partial charge in [-0.2, -0.15) is 0 Å². The lowest BCUT2D eigenvalue weighted by atomic mass is 9.92. The van der Waals surface area contributed by atoms with Gasteiger partial charge in [-0.3, -0.25) is 52.7 Å². The van der Waals surface area contributed by atoms with Crippen LogP contribution in [0.25, 0.3) is 0 Å². The van der Waals surface area contributed by atoms with Crippen LogP contribution in [0.4, 0.5) is 0 Å². The lowest BCUT2D eigenvalue weighted by molar-refractivity contribution is -0.154. The van der Waals surface area contributed by atoms with Crippen molar-refractivity contribution in [1.82, 2.24) is 56.0 Å². The van der Waals surface area contributed by atoms with Gasteiger partial charge in [-0.05, 0) is 101 Å². The normalized spacial score (nSPS) is 27.2. The molecule has 0 unspecified atom stereocenters. The molecule has 1 saturated heterocycles. The minimum atomic E-state index is -1.78. The summed E-state index contributed by atoms with van der Waals surface area (Å²) in [6, 6.07) is -13.2. The maximum atomic E-state index is 15.0. The molecule has 13 atom stereocenters. The number of carbonyl (C=O) groups is 11. The summed E-state index contributed by atoms with van der Waals surface area (Å²) in [6.07, 6.45) is 1.06. The first kappa shape index (κ1) is 76.8. The first-order valence-electron chi connectivity index (χ1n) is 30.2. The average molecular weight is 1200 g/mol. The van der Waals surface area contributed by atoms with Gasteiger partial charge in [0.05, 0.1) is 18.8 Å². The highest BCUT2D eigenvalue weighted by Gasteiger charge is 2.44. The van der Waals surface area contributed by atoms with Crippen molar-refractivity contribution in [3.63, 3.8) is 0 Å². The number of aliphatic hydroxyl groups excluding tert-OH is 2. The van der Waals surface area contributed by atoms with E-state index in [1.807, 2.05) is 55.4 Å². The highest BCUT2D eigenvalue weighted by atomic mass is 16.3. The fourth-order valence-electron chi connectivity index (χ4n) is 10.4. The van der Waals surface area contributed by atoms with Gasteiger partial charge in [0, 0.05) is 42.3 Å². The summed E-state index contributed by atoms with van der Waals surface area (Å²) < 4.78 is 0. The molecule has 0 bridgehead atoms. The van der Waals surface area contributed by atoms with E-state index in [2.05, 4.69) is 26.6 Å². The van der Waals surface area contributed by atoms with Crippen LogP contribution in [0.5, 0.6) is 0 Å². The van der Waals surface area contributed by atoms with Gasteiger partial charge in [0.25, 0.3) is 0 Å². The van der Waals surface area contributed by atoms with E-state index < -0.39 is 162 Å². The summed E-state index contributed by atoms with van der Waals surface area (Å²) in [5.41, 5.74) is 0. The van der Waals surface area contributed by atoms with E-state index in [9.17, 15) is 63.0 Å². The second-order valence-corrected chi connectivity index (χ2v) is 25.9. The molecule has 0 aromatic rings. The van der Waals surface area contributed by atoms with Crippen molar-refractivity contribution in [1.29, 1.82) is 0 Å². The van der Waals surface area contributed by atoms with E-state index in [1.165, 1.54) is 82.7 Å². The third kappa shape index (κ3) is 22.2. The third-order valence-electron chi connectivity index (χ3n) is 15.7. The van der Waals surface area contributed by atoms with Gasteiger partial charge in [0.15, 0.2) is 0 Å². The van der Waals surface area contributed by atoms with Crippen LogP contribution in [0.3, 0.4) is 0 Å². The molecule has 24 nitrogen and oxygen atoms in total. The van der Waals surface area contributed by atoms with E-state index in [1.54, 1.807) is 53.7 Å². The molecule has 0 aromatic heterocycles. The molecule has 1 aliphatic heterocycles. The van der Waals surface area contributed by atoms with Gasteiger partial charge < -0.3 is 66.2 Å². The Bertz CT molecular complexity index is 2330. The summed E-state index contributed by atoms with van der Waals surface area (Å²) in [5.74, 6) is -10.8. The minimum absolute atomic E-state index is 0.113. The molecule has 1 rings (SSSR count). The Balaban J connectivity index is 4.31. The van der Waals surface area contributed by atoms with Gasteiger partial charge in [0.2, 0.25) is 65.0 Å². The number of nitrogens with one attached hydrogen (secondary N) is 5. The zero-order valence-corrected chi connectivity index (χ0v) is 55.4. The van der Waals surface area contributed by atoms with Gasteiger partial charge in [-0.15, -0.1) is 0 Å². The van der Waals surface area contributed by atoms with Crippen molar-refractivity contribution >= 4 is 65.0 Å². The van der Waals surface area contributed by atoms with Crippen molar-refractivity contribution in [2.75, 3.05) is 48.8 Å². The largest absolute Gasteiger partial charge is 0.391 e. The van der Waals surface area contributed by atoms with Crippen LogP contribution in [0.15, 0.2) is 12.2 Å². The van der Waals surface area contributed by atoms with Crippen LogP contribution < -0.4 is 26.6 Å². The number of hydrogen-bond acceptors (Lipinski definition) is 13. The molecule has 0 spiro atoms. The molecule has 1 aliphatic rings. The van der Waals surface area contributed by atoms with Gasteiger partial charge >= 0.3 is 0 Å². The summed E-state index contributed by atoms with van der Waals surface area (Å²) in [5, 5.41) is 36.3. The molecule has 0 aromatic carbocycles. The van der Waals surface area contributed by atoms with Crippen molar-refractivity contribution < 1.29 is 63.0 Å². The van der Waals surface area contributed by atoms with Crippen LogP contribution in [0.1, 0.15) is 150 Å². The zero-order valence-electron chi connectivity index (χ0n) is 55.4. The van der Waals surface area contributed by atoms with Crippen LogP contribution in [0, 0.1) is 41.4 Å². The van der Waals surface area contributed by atoms with Crippen LogP contribution in [-0.4, -0.2) is 226 Å². The number of likely N-dealkylation sites (N-methyl/N-ethyl adjacent to an activating group) is 6. The quantitative estimate of drug-likeness (QED) is 0.116. The molecule has 1 fully saturated rings. The number of aliphatic hydroxyl groups is 2. The van der Waals surface area contributed by atoms with Crippen LogP contribution in [-0.2, 0) is 52.7 Å². The number of allylic oxidation sites excluding steroid dienone is 2. The van der Waals surface area contributed by atoms with E-state index in [-0.39, 0.29) is 55.8 Å². The molecule has 7 N–H and O–H groups in total. The van der Waals surface area contributed by atoms with Crippen LogP contribution >= 0.6 is 0 Å². The molecular formula is C61H109N11O13. The average Bonchev–Trinajstić information content (AvgIpc) is 3.49. The fraction of sp³-hybridized carbons (Fsp3) is 0.787. The highest BCUT2D eigenvalue weighted by Crippen LogP contribution is 2.24. The topological polar surface area (TPSA) is 308 Å². The molecule has 0 radical (unpaired) electrons. The number of nitrogens with zero attached hydrogens (tertiary/aromatic N) is 6. The molecule has 0 saturated carbocycles. The maximum Gasteiger partial charge on any atom is 0.248 e. The van der Waals surface area contributed by atoms with E-state index in [0.717, 1.165) is 9.80 Å². The summed E-state index contributed by atoms with van der Waals surface area (Å²) >= 11 is 0. The molecule has 85 heavy (non-hydrogen) atoms. The van der Waals surface area contributed by atoms with Crippen LogP contribution in [0.2, 0.25) is 0 Å². The highest BCUT2D eigenvalue weighted by molar-refractivity contribution is 5.99. The summed E-state index contributed by atoms with van der Waals surface area (Å²) in [7, 11) is 8.29. The Morgan fingerprint density at radius 1 is 0.435 bits per heavy atom. The third-order valence-corrected chi connectivity index (χ3v) is 15.7. The number of amides is 11. The Labute approximate surface area is 507 Å². The van der Waals surface area contributed by atoms with Crippen molar-refractivity contribution in [3.05, 3.63) is 12.2 Å². The predicted molar refractivity (Wildman–Crippen MR) is 325 cm³/mol. The first-order chi connectivity index (χ1) is 39.2. The lowest BCUT2D eigenvalue weighted by Gasteiger charge is -2.40. The Morgan fingerprint density at radius 3 is 1.28 bits per heavy atom. The Hall–Kier alpha value is -6.17. The van der Waals surface area contributed by atoms with Gasteiger partial charge in [-0.1, -0.05) is 102 Å². The first-order valence-corrected chi connectivity index (χ1v) is 30.2. The van der Waals surface area contributed by atoms with E-state index in [0.29, 0.717) is 0 Å². The second-order valence-electron chi connectivity index (χ2n) is 25.9. The zero-order chi connectivity index (χ0) is 66.0. The molecule has 11 amide bonds. The lowest BCUT2D eigenvalue weighted by Crippen LogP contribution is -2.64. The molecule has 0 aliphatic carbocycles. The molecule has 24 heteroatoms. The van der Waals surface area contributed by atoms with Crippen molar-refractivity contribution in [2.45, 2.75) is 222 Å². The molecular weight excluding hydrogens is 1090 g/mol. The van der Waals surface area contributed by atoms with Gasteiger partial charge in [-0.25, -0.2) is 0 Å². The Morgan fingerprint density at radius 2 is 0.835 bits per heavy atom. The predicted octanol–water partition coefficient (Wildman–Crippen LogP) is 1.90. The number of carbonyl (C=O) groups excluding carboxylic acids is 11.